The van der Waals surface area contributed by atoms with Gasteiger partial charge >= 0.3 is 5.97 Å². The van der Waals surface area contributed by atoms with Gasteiger partial charge in [0.15, 0.2) is 6.04 Å². The van der Waals surface area contributed by atoms with Crippen molar-refractivity contribution in [1.29, 1.82) is 0 Å². The van der Waals surface area contributed by atoms with Crippen LogP contribution in [0.2, 0.25) is 0 Å². The Labute approximate surface area is 111 Å². The van der Waals surface area contributed by atoms with Crippen molar-refractivity contribution in [2.45, 2.75) is 19.4 Å². The number of carbonyl (C=O) groups excluding carboxylic acids is 1. The van der Waals surface area contributed by atoms with E-state index in [9.17, 15) is 9.59 Å². The first-order valence-electron chi connectivity index (χ1n) is 5.80. The summed E-state index contributed by atoms with van der Waals surface area (Å²) in [7, 11) is 0. The molecule has 5 heteroatoms. The summed E-state index contributed by atoms with van der Waals surface area (Å²) >= 11 is 1.51. The van der Waals surface area contributed by atoms with Crippen molar-refractivity contribution in [3.63, 3.8) is 0 Å². The van der Waals surface area contributed by atoms with Gasteiger partial charge < -0.3 is 10.4 Å². The predicted octanol–water partition coefficient (Wildman–Crippen LogP) is 2.07. The Bertz CT molecular complexity index is 394. The van der Waals surface area contributed by atoms with E-state index in [2.05, 4.69) is 5.32 Å². The van der Waals surface area contributed by atoms with Crippen LogP contribution in [-0.2, 0) is 9.59 Å². The van der Waals surface area contributed by atoms with E-state index in [-0.39, 0.29) is 5.91 Å². The van der Waals surface area contributed by atoms with Crippen LogP contribution in [0.5, 0.6) is 0 Å². The van der Waals surface area contributed by atoms with Gasteiger partial charge in [0, 0.05) is 0 Å². The maximum absolute atomic E-state index is 11.6. The minimum Gasteiger partial charge on any atom is -0.479 e. The van der Waals surface area contributed by atoms with Gasteiger partial charge in [-0.3, -0.25) is 4.79 Å². The average Bonchev–Trinajstić information content (AvgIpc) is 2.37. The van der Waals surface area contributed by atoms with Crippen LogP contribution >= 0.6 is 11.8 Å². The maximum atomic E-state index is 11.6. The number of amides is 1. The van der Waals surface area contributed by atoms with Crippen LogP contribution in [0, 0.1) is 0 Å². The maximum Gasteiger partial charge on any atom is 0.330 e. The summed E-state index contributed by atoms with van der Waals surface area (Å²) in [5, 5.41) is 11.7. The fourth-order valence-corrected chi connectivity index (χ4v) is 2.15. The summed E-state index contributed by atoms with van der Waals surface area (Å²) in [6, 6.07) is 7.73. The normalized spacial score (nSPS) is 11.8. The molecular formula is C13H17NO3S. The molecule has 0 spiro atoms. The Balaban J connectivity index is 2.59. The Kier molecular flexibility index (Phi) is 6.28. The third-order valence-electron chi connectivity index (χ3n) is 2.27. The van der Waals surface area contributed by atoms with Gasteiger partial charge in [0.2, 0.25) is 5.91 Å². The van der Waals surface area contributed by atoms with E-state index in [1.54, 1.807) is 30.3 Å². The molecule has 1 amide bonds. The fraction of sp³-hybridized carbons (Fsp3) is 0.385. The Morgan fingerprint density at radius 1 is 1.33 bits per heavy atom. The monoisotopic (exact) mass is 267 g/mol. The Morgan fingerprint density at radius 3 is 2.56 bits per heavy atom. The second-order valence-electron chi connectivity index (χ2n) is 3.80. The standard InChI is InChI=1S/C13H17NO3S/c1-2-8-18-9-11(15)14-12(13(16)17)10-6-4-3-5-7-10/h3-7,12H,2,8-9H2,1H3,(H,14,15)(H,16,17)/t12-/m1/s1. The third-order valence-corrected chi connectivity index (χ3v) is 3.43. The quantitative estimate of drug-likeness (QED) is 0.742. The minimum absolute atomic E-state index is 0.246. The SMILES string of the molecule is CCCSCC(=O)N[C@@H](C(=O)O)c1ccccc1. The second kappa shape index (κ2) is 7.76. The molecule has 1 rings (SSSR count). The van der Waals surface area contributed by atoms with Gasteiger partial charge in [0.1, 0.15) is 0 Å². The molecule has 0 radical (unpaired) electrons. The average molecular weight is 267 g/mol. The van der Waals surface area contributed by atoms with Gasteiger partial charge in [-0.15, -0.1) is 0 Å². The van der Waals surface area contributed by atoms with Crippen molar-refractivity contribution in [2.75, 3.05) is 11.5 Å². The Hall–Kier alpha value is -1.49. The van der Waals surface area contributed by atoms with Crippen molar-refractivity contribution >= 4 is 23.6 Å². The molecular weight excluding hydrogens is 250 g/mol. The molecule has 0 aromatic heterocycles. The van der Waals surface area contributed by atoms with Gasteiger partial charge in [-0.2, -0.15) is 11.8 Å². The molecule has 2 N–H and O–H groups in total. The first kappa shape index (κ1) is 14.6. The number of carboxylic acids is 1. The highest BCUT2D eigenvalue weighted by molar-refractivity contribution is 7.99. The molecule has 1 aromatic carbocycles. The highest BCUT2D eigenvalue weighted by Crippen LogP contribution is 2.13. The van der Waals surface area contributed by atoms with Crippen LogP contribution in [0.1, 0.15) is 24.9 Å². The number of rotatable bonds is 7. The summed E-state index contributed by atoms with van der Waals surface area (Å²) in [6.07, 6.45) is 0.999. The lowest BCUT2D eigenvalue weighted by atomic mass is 10.1. The minimum atomic E-state index is -1.05. The molecule has 0 aliphatic heterocycles. The number of nitrogens with one attached hydrogen (secondary N) is 1. The van der Waals surface area contributed by atoms with Crippen LogP contribution in [-0.4, -0.2) is 28.5 Å². The summed E-state index contributed by atoms with van der Waals surface area (Å²) in [5.41, 5.74) is 0.582. The van der Waals surface area contributed by atoms with E-state index < -0.39 is 12.0 Å². The van der Waals surface area contributed by atoms with E-state index in [1.807, 2.05) is 6.92 Å². The van der Waals surface area contributed by atoms with E-state index in [4.69, 9.17) is 5.11 Å². The van der Waals surface area contributed by atoms with Crippen molar-refractivity contribution in [2.24, 2.45) is 0 Å². The second-order valence-corrected chi connectivity index (χ2v) is 4.91. The molecule has 0 aliphatic rings. The molecule has 4 nitrogen and oxygen atoms in total. The smallest absolute Gasteiger partial charge is 0.330 e. The Morgan fingerprint density at radius 2 is 2.00 bits per heavy atom. The predicted molar refractivity (Wildman–Crippen MR) is 72.6 cm³/mol. The molecule has 0 bridgehead atoms. The number of benzene rings is 1. The molecule has 1 atom stereocenters. The lowest BCUT2D eigenvalue weighted by Gasteiger charge is -2.14. The molecule has 1 aromatic rings. The molecule has 0 heterocycles. The van der Waals surface area contributed by atoms with Crippen molar-refractivity contribution in [3.8, 4) is 0 Å². The van der Waals surface area contributed by atoms with Crippen LogP contribution in [0.25, 0.3) is 0 Å². The van der Waals surface area contributed by atoms with Crippen molar-refractivity contribution in [3.05, 3.63) is 35.9 Å². The number of aliphatic carboxylic acids is 1. The van der Waals surface area contributed by atoms with Crippen molar-refractivity contribution < 1.29 is 14.7 Å². The first-order valence-corrected chi connectivity index (χ1v) is 6.95. The van der Waals surface area contributed by atoms with Gasteiger partial charge in [0.05, 0.1) is 5.75 Å². The van der Waals surface area contributed by atoms with Crippen molar-refractivity contribution in [1.82, 2.24) is 5.32 Å². The summed E-state index contributed by atoms with van der Waals surface area (Å²) in [4.78, 5) is 22.8. The highest BCUT2D eigenvalue weighted by atomic mass is 32.2. The number of carbonyl (C=O) groups is 2. The van der Waals surface area contributed by atoms with Gasteiger partial charge in [-0.05, 0) is 17.7 Å². The number of hydrogen-bond donors (Lipinski definition) is 2. The molecule has 0 unspecified atom stereocenters. The zero-order valence-electron chi connectivity index (χ0n) is 10.3. The van der Waals surface area contributed by atoms with E-state index in [0.29, 0.717) is 11.3 Å². The summed E-state index contributed by atoms with van der Waals surface area (Å²) < 4.78 is 0. The molecule has 98 valence electrons. The van der Waals surface area contributed by atoms with E-state index in [1.165, 1.54) is 11.8 Å². The van der Waals surface area contributed by atoms with E-state index >= 15 is 0 Å². The molecule has 0 saturated carbocycles. The zero-order valence-corrected chi connectivity index (χ0v) is 11.1. The summed E-state index contributed by atoms with van der Waals surface area (Å²) in [6.45, 7) is 2.04. The van der Waals surface area contributed by atoms with Gasteiger partial charge in [-0.25, -0.2) is 4.79 Å². The van der Waals surface area contributed by atoms with Gasteiger partial charge in [-0.1, -0.05) is 37.3 Å². The first-order chi connectivity index (χ1) is 8.65. The van der Waals surface area contributed by atoms with Crippen LogP contribution in [0.3, 0.4) is 0 Å². The molecule has 0 fully saturated rings. The van der Waals surface area contributed by atoms with Crippen LogP contribution in [0.4, 0.5) is 0 Å². The number of thioether (sulfide) groups is 1. The molecule has 0 saturated heterocycles. The topological polar surface area (TPSA) is 66.4 Å². The summed E-state index contributed by atoms with van der Waals surface area (Å²) in [5.74, 6) is -0.0965. The van der Waals surface area contributed by atoms with Crippen LogP contribution < -0.4 is 5.32 Å². The van der Waals surface area contributed by atoms with Gasteiger partial charge in [0.25, 0.3) is 0 Å². The van der Waals surface area contributed by atoms with Crippen LogP contribution in [0.15, 0.2) is 30.3 Å². The molecule has 0 aliphatic carbocycles. The third kappa shape index (κ3) is 4.79. The lowest BCUT2D eigenvalue weighted by Crippen LogP contribution is -2.34. The highest BCUT2D eigenvalue weighted by Gasteiger charge is 2.21. The number of hydrogen-bond acceptors (Lipinski definition) is 3. The largest absolute Gasteiger partial charge is 0.479 e. The fourth-order valence-electron chi connectivity index (χ4n) is 1.44. The number of carboxylic acid groups (broad SMARTS) is 1. The van der Waals surface area contributed by atoms with E-state index in [0.717, 1.165) is 12.2 Å². The zero-order chi connectivity index (χ0) is 13.4. The lowest BCUT2D eigenvalue weighted by molar-refractivity contribution is -0.141. The molecule has 18 heavy (non-hydrogen) atoms.